The highest BCUT2D eigenvalue weighted by atomic mass is 16.6. The Bertz CT molecular complexity index is 347. The third-order valence-electron chi connectivity index (χ3n) is 3.34. The van der Waals surface area contributed by atoms with E-state index in [1.54, 1.807) is 0 Å². The maximum Gasteiger partial charge on any atom is 0.126 e. The molecule has 3 rings (SSSR count). The third-order valence-corrected chi connectivity index (χ3v) is 3.34. The summed E-state index contributed by atoms with van der Waals surface area (Å²) in [5.74, 6) is 0.472. The van der Waals surface area contributed by atoms with Gasteiger partial charge in [-0.2, -0.15) is 0 Å². The third kappa shape index (κ3) is 1.11. The monoisotopic (exact) mass is 188 g/mol. The summed E-state index contributed by atoms with van der Waals surface area (Å²) >= 11 is 0. The molecule has 2 nitrogen and oxygen atoms in total. The van der Waals surface area contributed by atoms with E-state index in [1.807, 2.05) is 18.2 Å². The smallest absolute Gasteiger partial charge is 0.126 e. The first kappa shape index (κ1) is 8.18. The quantitative estimate of drug-likeness (QED) is 0.522. The highest BCUT2D eigenvalue weighted by molar-refractivity contribution is 5.59. The molecular formula is C12H12O2. The van der Waals surface area contributed by atoms with E-state index in [0.29, 0.717) is 12.0 Å². The number of carbonyl (C=O) groups excluding carboxylic acids is 1. The number of epoxide rings is 1. The van der Waals surface area contributed by atoms with Gasteiger partial charge in [0.1, 0.15) is 6.29 Å². The molecule has 2 heteroatoms. The van der Waals surface area contributed by atoms with Crippen molar-refractivity contribution in [2.75, 3.05) is 0 Å². The van der Waals surface area contributed by atoms with Gasteiger partial charge in [-0.3, -0.25) is 0 Å². The number of carbonyl (C=O) groups is 1. The Morgan fingerprint density at radius 1 is 1.29 bits per heavy atom. The molecule has 0 bridgehead atoms. The van der Waals surface area contributed by atoms with Gasteiger partial charge in [-0.15, -0.1) is 0 Å². The van der Waals surface area contributed by atoms with Crippen LogP contribution in [0.1, 0.15) is 17.9 Å². The van der Waals surface area contributed by atoms with E-state index in [9.17, 15) is 4.79 Å². The lowest BCUT2D eigenvalue weighted by atomic mass is 9.89. The molecule has 1 saturated heterocycles. The molecule has 1 heterocycles. The molecule has 1 saturated carbocycles. The molecule has 0 N–H and O–H groups in total. The van der Waals surface area contributed by atoms with Crippen molar-refractivity contribution in [1.82, 2.24) is 0 Å². The van der Waals surface area contributed by atoms with Gasteiger partial charge < -0.3 is 9.53 Å². The number of fused-ring (bicyclic) bond motifs is 1. The molecule has 0 radical (unpaired) electrons. The fourth-order valence-electron chi connectivity index (χ4n) is 2.55. The largest absolute Gasteiger partial charge is 0.369 e. The minimum absolute atomic E-state index is 0.0856. The first-order valence-electron chi connectivity index (χ1n) is 5.06. The van der Waals surface area contributed by atoms with E-state index in [4.69, 9.17) is 4.74 Å². The van der Waals surface area contributed by atoms with Gasteiger partial charge in [0.15, 0.2) is 0 Å². The number of rotatable bonds is 2. The van der Waals surface area contributed by atoms with Crippen LogP contribution in [0.4, 0.5) is 0 Å². The Morgan fingerprint density at radius 2 is 2.07 bits per heavy atom. The van der Waals surface area contributed by atoms with Gasteiger partial charge in [0.05, 0.1) is 18.1 Å². The van der Waals surface area contributed by atoms with Gasteiger partial charge in [0, 0.05) is 0 Å². The lowest BCUT2D eigenvalue weighted by Crippen LogP contribution is -2.14. The standard InChI is InChI=1S/C12H12O2/c13-7-10-9(6-11-12(10)14-11)8-4-2-1-3-5-8/h1-5,7,9-12H,6H2. The number of ether oxygens (including phenoxy) is 1. The minimum Gasteiger partial charge on any atom is -0.369 e. The Balaban J connectivity index is 1.89. The number of benzene rings is 1. The zero-order valence-electron chi connectivity index (χ0n) is 7.80. The van der Waals surface area contributed by atoms with Crippen molar-refractivity contribution in [2.45, 2.75) is 24.5 Å². The van der Waals surface area contributed by atoms with Crippen molar-refractivity contribution in [3.63, 3.8) is 0 Å². The van der Waals surface area contributed by atoms with Crippen molar-refractivity contribution in [2.24, 2.45) is 5.92 Å². The average Bonchev–Trinajstić information content (AvgIpc) is 2.92. The second-order valence-electron chi connectivity index (χ2n) is 4.11. The zero-order valence-corrected chi connectivity index (χ0v) is 7.80. The summed E-state index contributed by atoms with van der Waals surface area (Å²) in [7, 11) is 0. The van der Waals surface area contributed by atoms with Crippen molar-refractivity contribution in [3.8, 4) is 0 Å². The first-order valence-corrected chi connectivity index (χ1v) is 5.06. The molecule has 2 aliphatic rings. The Labute approximate surface area is 82.9 Å². The lowest BCUT2D eigenvalue weighted by Gasteiger charge is -2.16. The summed E-state index contributed by atoms with van der Waals surface area (Å²) in [5, 5.41) is 0. The molecule has 0 spiro atoms. The van der Waals surface area contributed by atoms with E-state index in [1.165, 1.54) is 5.56 Å². The van der Waals surface area contributed by atoms with Crippen LogP contribution in [-0.4, -0.2) is 18.5 Å². The molecule has 0 aromatic heterocycles. The molecule has 72 valence electrons. The summed E-state index contributed by atoms with van der Waals surface area (Å²) in [4.78, 5) is 10.9. The highest BCUT2D eigenvalue weighted by Gasteiger charge is 2.55. The maximum absolute atomic E-state index is 10.9. The fourth-order valence-corrected chi connectivity index (χ4v) is 2.55. The van der Waals surface area contributed by atoms with Crippen LogP contribution >= 0.6 is 0 Å². The summed E-state index contributed by atoms with van der Waals surface area (Å²) in [6.07, 6.45) is 2.65. The predicted molar refractivity (Wildman–Crippen MR) is 52.0 cm³/mol. The molecule has 2 fully saturated rings. The second kappa shape index (κ2) is 2.92. The van der Waals surface area contributed by atoms with Crippen LogP contribution in [0.25, 0.3) is 0 Å². The van der Waals surface area contributed by atoms with Crippen LogP contribution in [0.3, 0.4) is 0 Å². The van der Waals surface area contributed by atoms with Crippen LogP contribution in [0.2, 0.25) is 0 Å². The molecule has 1 aromatic carbocycles. The van der Waals surface area contributed by atoms with Crippen molar-refractivity contribution in [3.05, 3.63) is 35.9 Å². The van der Waals surface area contributed by atoms with Crippen LogP contribution in [0.5, 0.6) is 0 Å². The molecule has 4 atom stereocenters. The first-order chi connectivity index (χ1) is 6.90. The van der Waals surface area contributed by atoms with Gasteiger partial charge in [-0.05, 0) is 17.9 Å². The van der Waals surface area contributed by atoms with Gasteiger partial charge >= 0.3 is 0 Å². The second-order valence-corrected chi connectivity index (χ2v) is 4.11. The number of hydrogen-bond acceptors (Lipinski definition) is 2. The van der Waals surface area contributed by atoms with E-state index < -0.39 is 0 Å². The summed E-state index contributed by atoms with van der Waals surface area (Å²) in [6, 6.07) is 10.3. The molecule has 4 unspecified atom stereocenters. The summed E-state index contributed by atoms with van der Waals surface area (Å²) in [5.41, 5.74) is 1.28. The van der Waals surface area contributed by atoms with E-state index >= 15 is 0 Å². The Kier molecular flexibility index (Phi) is 1.71. The molecule has 0 amide bonds. The van der Waals surface area contributed by atoms with Crippen molar-refractivity contribution < 1.29 is 9.53 Å². The number of hydrogen-bond donors (Lipinski definition) is 0. The molecular weight excluding hydrogens is 176 g/mol. The molecule has 14 heavy (non-hydrogen) atoms. The Morgan fingerprint density at radius 3 is 2.79 bits per heavy atom. The van der Waals surface area contributed by atoms with Gasteiger partial charge in [0.2, 0.25) is 0 Å². The topological polar surface area (TPSA) is 29.6 Å². The van der Waals surface area contributed by atoms with Crippen LogP contribution in [0, 0.1) is 5.92 Å². The lowest BCUT2D eigenvalue weighted by molar-refractivity contribution is -0.112. The minimum atomic E-state index is 0.0856. The van der Waals surface area contributed by atoms with Gasteiger partial charge in [-0.1, -0.05) is 30.3 Å². The van der Waals surface area contributed by atoms with Gasteiger partial charge in [-0.25, -0.2) is 0 Å². The number of aldehydes is 1. The normalized spacial score (nSPS) is 39.1. The van der Waals surface area contributed by atoms with Crippen molar-refractivity contribution >= 4 is 6.29 Å². The predicted octanol–water partition coefficient (Wildman–Crippen LogP) is 1.76. The molecule has 1 aliphatic carbocycles. The van der Waals surface area contributed by atoms with E-state index in [-0.39, 0.29) is 12.0 Å². The highest BCUT2D eigenvalue weighted by Crippen LogP contribution is 2.50. The fraction of sp³-hybridized carbons (Fsp3) is 0.417. The van der Waals surface area contributed by atoms with Crippen LogP contribution < -0.4 is 0 Å². The average molecular weight is 188 g/mol. The summed E-state index contributed by atoms with van der Waals surface area (Å²) < 4.78 is 5.38. The summed E-state index contributed by atoms with van der Waals surface area (Å²) in [6.45, 7) is 0. The van der Waals surface area contributed by atoms with E-state index in [2.05, 4.69) is 12.1 Å². The zero-order chi connectivity index (χ0) is 9.54. The molecule has 1 aliphatic heterocycles. The van der Waals surface area contributed by atoms with Crippen LogP contribution in [-0.2, 0) is 9.53 Å². The van der Waals surface area contributed by atoms with Gasteiger partial charge in [0.25, 0.3) is 0 Å². The molecule has 1 aromatic rings. The Hall–Kier alpha value is -1.15. The van der Waals surface area contributed by atoms with E-state index in [0.717, 1.165) is 12.7 Å². The van der Waals surface area contributed by atoms with Crippen LogP contribution in [0.15, 0.2) is 30.3 Å². The van der Waals surface area contributed by atoms with Crippen molar-refractivity contribution in [1.29, 1.82) is 0 Å². The SMILES string of the molecule is O=CC1C(c2ccccc2)CC2OC21. The maximum atomic E-state index is 10.9.